The number of alkyl halides is 2. The molecule has 1 unspecified atom stereocenters. The average Bonchev–Trinajstić information content (AvgIpc) is 1.84. The predicted octanol–water partition coefficient (Wildman–Crippen LogP) is 1.20. The van der Waals surface area contributed by atoms with E-state index in [1.807, 2.05) is 13.8 Å². The van der Waals surface area contributed by atoms with Crippen molar-refractivity contribution in [1.82, 2.24) is 4.90 Å². The molecule has 0 aliphatic rings. The van der Waals surface area contributed by atoms with Gasteiger partial charge in [-0.15, -0.1) is 0 Å². The summed E-state index contributed by atoms with van der Waals surface area (Å²) in [5.41, 5.74) is 0. The number of aliphatic hydroxyl groups is 1. The van der Waals surface area contributed by atoms with Gasteiger partial charge >= 0.3 is 0 Å². The largest absolute Gasteiger partial charge is 0.392 e. The highest BCUT2D eigenvalue weighted by molar-refractivity contribution is 4.64. The third kappa shape index (κ3) is 5.43. The molecule has 4 heteroatoms. The molecule has 0 aliphatic carbocycles. The molecule has 0 spiro atoms. The van der Waals surface area contributed by atoms with Crippen molar-refractivity contribution < 1.29 is 13.9 Å². The molecular weight excluding hydrogens is 164 g/mol. The number of hydrogen-bond acceptors (Lipinski definition) is 2. The van der Waals surface area contributed by atoms with Crippen molar-refractivity contribution in [3.63, 3.8) is 0 Å². The lowest BCUT2D eigenvalue weighted by Crippen LogP contribution is -2.35. The zero-order valence-electron chi connectivity index (χ0n) is 7.80. The van der Waals surface area contributed by atoms with E-state index in [-0.39, 0.29) is 12.5 Å². The highest BCUT2D eigenvalue weighted by Crippen LogP contribution is 2.04. The van der Waals surface area contributed by atoms with Crippen LogP contribution >= 0.6 is 0 Å². The van der Waals surface area contributed by atoms with Crippen LogP contribution in [0, 0.1) is 5.92 Å². The van der Waals surface area contributed by atoms with E-state index in [9.17, 15) is 13.9 Å². The number of rotatable bonds is 5. The van der Waals surface area contributed by atoms with E-state index < -0.39 is 12.5 Å². The molecule has 12 heavy (non-hydrogen) atoms. The van der Waals surface area contributed by atoms with E-state index in [2.05, 4.69) is 0 Å². The molecule has 1 atom stereocenters. The van der Waals surface area contributed by atoms with E-state index in [4.69, 9.17) is 0 Å². The molecule has 0 radical (unpaired) electrons. The van der Waals surface area contributed by atoms with Crippen molar-refractivity contribution >= 4 is 0 Å². The van der Waals surface area contributed by atoms with E-state index in [0.29, 0.717) is 6.54 Å². The monoisotopic (exact) mass is 181 g/mol. The Morgan fingerprint density at radius 3 is 2.08 bits per heavy atom. The summed E-state index contributed by atoms with van der Waals surface area (Å²) < 4.78 is 23.6. The van der Waals surface area contributed by atoms with Gasteiger partial charge in [-0.25, -0.2) is 8.78 Å². The first-order valence-corrected chi connectivity index (χ1v) is 4.08. The maximum absolute atomic E-state index is 11.8. The highest BCUT2D eigenvalue weighted by Gasteiger charge is 2.14. The number of halogens is 2. The summed E-state index contributed by atoms with van der Waals surface area (Å²) in [7, 11) is 1.58. The fraction of sp³-hybridized carbons (Fsp3) is 1.00. The lowest BCUT2D eigenvalue weighted by Gasteiger charge is -2.22. The van der Waals surface area contributed by atoms with E-state index >= 15 is 0 Å². The third-order valence-electron chi connectivity index (χ3n) is 1.72. The van der Waals surface area contributed by atoms with Gasteiger partial charge in [-0.05, 0) is 13.0 Å². The molecule has 0 bridgehead atoms. The van der Waals surface area contributed by atoms with Crippen molar-refractivity contribution in [3.05, 3.63) is 0 Å². The number of aliphatic hydroxyl groups excluding tert-OH is 1. The molecule has 0 aromatic carbocycles. The van der Waals surface area contributed by atoms with Gasteiger partial charge in [0, 0.05) is 6.54 Å². The molecule has 0 amide bonds. The Balaban J connectivity index is 3.61. The van der Waals surface area contributed by atoms with Crippen LogP contribution in [0.5, 0.6) is 0 Å². The maximum atomic E-state index is 11.8. The smallest absolute Gasteiger partial charge is 0.251 e. The fourth-order valence-corrected chi connectivity index (χ4v) is 0.840. The minimum absolute atomic E-state index is 0.116. The van der Waals surface area contributed by atoms with Crippen LogP contribution < -0.4 is 0 Å². The van der Waals surface area contributed by atoms with Crippen molar-refractivity contribution in [2.45, 2.75) is 26.4 Å². The summed E-state index contributed by atoms with van der Waals surface area (Å²) in [6, 6.07) is 0. The number of likely N-dealkylation sites (N-methyl/N-ethyl adjacent to an activating group) is 1. The van der Waals surface area contributed by atoms with E-state index in [0.717, 1.165) is 0 Å². The summed E-state index contributed by atoms with van der Waals surface area (Å²) in [6.07, 6.45) is -2.84. The van der Waals surface area contributed by atoms with Gasteiger partial charge in [-0.1, -0.05) is 13.8 Å². The van der Waals surface area contributed by atoms with Gasteiger partial charge in [0.15, 0.2) is 0 Å². The Morgan fingerprint density at radius 1 is 1.25 bits per heavy atom. The zero-order valence-corrected chi connectivity index (χ0v) is 7.80. The van der Waals surface area contributed by atoms with Gasteiger partial charge in [0.1, 0.15) is 0 Å². The molecule has 74 valence electrons. The third-order valence-corrected chi connectivity index (χ3v) is 1.72. The Labute approximate surface area is 72.2 Å². The van der Waals surface area contributed by atoms with Crippen LogP contribution in [0.15, 0.2) is 0 Å². The summed E-state index contributed by atoms with van der Waals surface area (Å²) >= 11 is 0. The minimum Gasteiger partial charge on any atom is -0.392 e. The van der Waals surface area contributed by atoms with Gasteiger partial charge in [0.25, 0.3) is 6.43 Å². The first kappa shape index (κ1) is 11.8. The minimum atomic E-state index is -2.32. The van der Waals surface area contributed by atoms with Crippen LogP contribution in [-0.2, 0) is 0 Å². The average molecular weight is 181 g/mol. The van der Waals surface area contributed by atoms with Crippen LogP contribution in [0.2, 0.25) is 0 Å². The van der Waals surface area contributed by atoms with E-state index in [1.54, 1.807) is 7.05 Å². The molecular formula is C8H17F2NO. The summed E-state index contributed by atoms with van der Waals surface area (Å²) in [6.45, 7) is 3.76. The Kier molecular flexibility index (Phi) is 5.33. The molecule has 0 aliphatic heterocycles. The van der Waals surface area contributed by atoms with Crippen LogP contribution in [0.25, 0.3) is 0 Å². The van der Waals surface area contributed by atoms with Gasteiger partial charge in [-0.3, -0.25) is 4.90 Å². The van der Waals surface area contributed by atoms with Crippen molar-refractivity contribution in [1.29, 1.82) is 0 Å². The molecule has 0 heterocycles. The quantitative estimate of drug-likeness (QED) is 0.689. The molecule has 0 rings (SSSR count). The predicted molar refractivity (Wildman–Crippen MR) is 44.3 cm³/mol. The molecule has 0 fully saturated rings. The molecule has 0 aromatic heterocycles. The standard InChI is InChI=1S/C8H17F2NO/c1-6(2)7(12)4-11(3)5-8(9)10/h6-8,12H,4-5H2,1-3H3. The highest BCUT2D eigenvalue weighted by atomic mass is 19.3. The maximum Gasteiger partial charge on any atom is 0.251 e. The topological polar surface area (TPSA) is 23.5 Å². The van der Waals surface area contributed by atoms with Crippen molar-refractivity contribution in [2.24, 2.45) is 5.92 Å². The molecule has 1 N–H and O–H groups in total. The lowest BCUT2D eigenvalue weighted by molar-refractivity contribution is 0.0506. The van der Waals surface area contributed by atoms with E-state index in [1.165, 1.54) is 4.90 Å². The second kappa shape index (κ2) is 5.43. The zero-order chi connectivity index (χ0) is 9.72. The lowest BCUT2D eigenvalue weighted by atomic mass is 10.1. The summed E-state index contributed by atoms with van der Waals surface area (Å²) in [4.78, 5) is 1.44. The fourth-order valence-electron chi connectivity index (χ4n) is 0.840. The first-order valence-electron chi connectivity index (χ1n) is 4.08. The number of nitrogens with zero attached hydrogens (tertiary/aromatic N) is 1. The first-order chi connectivity index (χ1) is 5.43. The van der Waals surface area contributed by atoms with Crippen LogP contribution in [0.3, 0.4) is 0 Å². The Bertz CT molecular complexity index is 120. The molecule has 0 saturated heterocycles. The Morgan fingerprint density at radius 2 is 1.75 bits per heavy atom. The molecule has 0 aromatic rings. The molecule has 2 nitrogen and oxygen atoms in total. The van der Waals surface area contributed by atoms with Crippen molar-refractivity contribution in [2.75, 3.05) is 20.1 Å². The van der Waals surface area contributed by atoms with Gasteiger partial charge < -0.3 is 5.11 Å². The Hall–Kier alpha value is -0.220. The normalized spacial score (nSPS) is 14.8. The SMILES string of the molecule is CC(C)C(O)CN(C)CC(F)F. The summed E-state index contributed by atoms with van der Waals surface area (Å²) in [5, 5.41) is 9.32. The van der Waals surface area contributed by atoms with Gasteiger partial charge in [0.05, 0.1) is 12.6 Å². The van der Waals surface area contributed by atoms with Gasteiger partial charge in [-0.2, -0.15) is 0 Å². The summed E-state index contributed by atoms with van der Waals surface area (Å²) in [5.74, 6) is 0.116. The second-order valence-electron chi connectivity index (χ2n) is 3.42. The van der Waals surface area contributed by atoms with Gasteiger partial charge in [0.2, 0.25) is 0 Å². The second-order valence-corrected chi connectivity index (χ2v) is 3.42. The number of hydrogen-bond donors (Lipinski definition) is 1. The van der Waals surface area contributed by atoms with Crippen LogP contribution in [0.1, 0.15) is 13.8 Å². The van der Waals surface area contributed by atoms with Crippen LogP contribution in [0.4, 0.5) is 8.78 Å². The van der Waals surface area contributed by atoms with Crippen LogP contribution in [-0.4, -0.2) is 42.7 Å². The molecule has 0 saturated carbocycles. The van der Waals surface area contributed by atoms with Crippen molar-refractivity contribution in [3.8, 4) is 0 Å².